The molecule has 0 amide bonds. The quantitative estimate of drug-likeness (QED) is 0.568. The molecule has 4 rings (SSSR count). The van der Waals surface area contributed by atoms with Crippen molar-refractivity contribution < 1.29 is 31.4 Å². The topological polar surface area (TPSA) is 72.8 Å². The minimum Gasteiger partial charge on any atom is -0.355 e. The second kappa shape index (κ2) is 8.58. The molecule has 2 aliphatic rings. The third kappa shape index (κ3) is 5.05. The lowest BCUT2D eigenvalue weighted by Crippen LogP contribution is -2.36. The normalized spacial score (nSPS) is 19.4. The minimum absolute atomic E-state index is 0.181. The van der Waals surface area contributed by atoms with E-state index in [0.29, 0.717) is 17.0 Å². The third-order valence-electron chi connectivity index (χ3n) is 5.33. The number of anilines is 2. The summed E-state index contributed by atoms with van der Waals surface area (Å²) < 4.78 is 78.7. The summed E-state index contributed by atoms with van der Waals surface area (Å²) in [6, 6.07) is 6.53. The lowest BCUT2D eigenvalue weighted by molar-refractivity contribution is -0.138. The average molecular weight is 471 g/mol. The average Bonchev–Trinajstić information content (AvgIpc) is 2.95. The number of hydrogen-bond acceptors (Lipinski definition) is 6. The van der Waals surface area contributed by atoms with E-state index in [2.05, 4.69) is 20.6 Å². The van der Waals surface area contributed by atoms with Gasteiger partial charge in [0.2, 0.25) is 6.35 Å². The maximum atomic E-state index is 13.4. The highest BCUT2D eigenvalue weighted by Gasteiger charge is 2.36. The molecule has 0 spiro atoms. The zero-order valence-electron chi connectivity index (χ0n) is 17.0. The zero-order chi connectivity index (χ0) is 23.8. The van der Waals surface area contributed by atoms with E-state index in [1.54, 1.807) is 0 Å². The summed E-state index contributed by atoms with van der Waals surface area (Å²) in [4.78, 5) is 9.54. The number of alkyl halides is 6. The van der Waals surface area contributed by atoms with Crippen LogP contribution in [-0.4, -0.2) is 35.4 Å². The van der Waals surface area contributed by atoms with E-state index >= 15 is 0 Å². The van der Waals surface area contributed by atoms with E-state index in [1.807, 2.05) is 0 Å². The van der Waals surface area contributed by atoms with Crippen LogP contribution in [0.2, 0.25) is 0 Å². The summed E-state index contributed by atoms with van der Waals surface area (Å²) >= 11 is 0. The molecule has 0 bridgehead atoms. The largest absolute Gasteiger partial charge is 0.419 e. The molecular formula is C21H19F6N5O. The molecular weight excluding hydrogens is 452 g/mol. The fourth-order valence-electron chi connectivity index (χ4n) is 3.79. The van der Waals surface area contributed by atoms with Crippen molar-refractivity contribution in [2.75, 3.05) is 23.3 Å². The van der Waals surface area contributed by atoms with E-state index < -0.39 is 29.8 Å². The predicted octanol–water partition coefficient (Wildman–Crippen LogP) is 4.36. The van der Waals surface area contributed by atoms with Gasteiger partial charge < -0.3 is 20.6 Å². The first-order chi connectivity index (χ1) is 15.5. The number of nitrogens with zero attached hydrogens (tertiary/aromatic N) is 3. The molecule has 1 atom stereocenters. The number of aromatic nitrogens is 1. The van der Waals surface area contributed by atoms with Crippen LogP contribution in [0.25, 0.3) is 0 Å². The smallest absolute Gasteiger partial charge is 0.355 e. The van der Waals surface area contributed by atoms with Crippen LogP contribution in [0.5, 0.6) is 0 Å². The number of benzene rings is 1. The van der Waals surface area contributed by atoms with Gasteiger partial charge in [-0.25, -0.2) is 9.98 Å². The molecule has 12 heteroatoms. The summed E-state index contributed by atoms with van der Waals surface area (Å²) in [5.41, 5.74) is -0.0882. The molecule has 1 unspecified atom stereocenters. The Labute approximate surface area is 184 Å². The van der Waals surface area contributed by atoms with Gasteiger partial charge in [-0.05, 0) is 42.8 Å². The molecule has 6 nitrogen and oxygen atoms in total. The van der Waals surface area contributed by atoms with Gasteiger partial charge in [0.15, 0.2) is 0 Å². The summed E-state index contributed by atoms with van der Waals surface area (Å²) in [6.07, 6.45) is -8.48. The van der Waals surface area contributed by atoms with Gasteiger partial charge in [0.05, 0.1) is 11.1 Å². The van der Waals surface area contributed by atoms with Gasteiger partial charge in [0, 0.05) is 42.7 Å². The first-order valence-electron chi connectivity index (χ1n) is 9.98. The Morgan fingerprint density at radius 3 is 2.33 bits per heavy atom. The Kier molecular flexibility index (Phi) is 5.95. The van der Waals surface area contributed by atoms with Crippen molar-refractivity contribution in [3.63, 3.8) is 0 Å². The van der Waals surface area contributed by atoms with Gasteiger partial charge >= 0.3 is 12.4 Å². The lowest BCUT2D eigenvalue weighted by Gasteiger charge is -2.25. The Bertz CT molecular complexity index is 1080. The molecule has 1 aromatic heterocycles. The highest BCUT2D eigenvalue weighted by molar-refractivity contribution is 6.09. The monoisotopic (exact) mass is 471 g/mol. The molecule has 33 heavy (non-hydrogen) atoms. The van der Waals surface area contributed by atoms with Crippen LogP contribution in [0, 0.1) is 0 Å². The van der Waals surface area contributed by atoms with Crippen molar-refractivity contribution >= 4 is 17.3 Å². The van der Waals surface area contributed by atoms with Gasteiger partial charge in [-0.3, -0.25) is 0 Å². The Morgan fingerprint density at radius 1 is 0.970 bits per heavy atom. The molecule has 0 radical (unpaired) electrons. The molecule has 0 saturated carbocycles. The molecule has 3 heterocycles. The van der Waals surface area contributed by atoms with Crippen LogP contribution < -0.4 is 15.5 Å². The molecule has 1 aromatic carbocycles. The second-order valence-corrected chi connectivity index (χ2v) is 7.51. The molecule has 0 aliphatic carbocycles. The minimum atomic E-state index is -4.56. The molecule has 0 fully saturated rings. The van der Waals surface area contributed by atoms with Crippen LogP contribution >= 0.6 is 0 Å². The molecule has 3 N–H and O–H groups in total. The van der Waals surface area contributed by atoms with Crippen LogP contribution in [-0.2, 0) is 12.4 Å². The van der Waals surface area contributed by atoms with Gasteiger partial charge in [-0.1, -0.05) is 0 Å². The van der Waals surface area contributed by atoms with Crippen molar-refractivity contribution in [3.8, 4) is 0 Å². The highest BCUT2D eigenvalue weighted by atomic mass is 19.4. The number of aliphatic imine (C=N–C) groups is 1. The van der Waals surface area contributed by atoms with E-state index in [0.717, 1.165) is 18.2 Å². The molecule has 0 saturated heterocycles. The number of aliphatic hydroxyl groups excluding tert-OH is 1. The van der Waals surface area contributed by atoms with E-state index in [1.165, 1.54) is 29.3 Å². The van der Waals surface area contributed by atoms with Crippen LogP contribution in [0.1, 0.15) is 24.0 Å². The number of aliphatic hydroxyl groups is 1. The summed E-state index contributed by atoms with van der Waals surface area (Å²) in [5.74, 6) is 0.0644. The van der Waals surface area contributed by atoms with Crippen molar-refractivity contribution in [3.05, 3.63) is 65.0 Å². The van der Waals surface area contributed by atoms with E-state index in [4.69, 9.17) is 0 Å². The maximum Gasteiger partial charge on any atom is 0.419 e. The van der Waals surface area contributed by atoms with Gasteiger partial charge in [0.1, 0.15) is 11.7 Å². The van der Waals surface area contributed by atoms with Crippen LogP contribution in [0.3, 0.4) is 0 Å². The fraction of sp³-hybridized carbons (Fsp3) is 0.333. The summed E-state index contributed by atoms with van der Waals surface area (Å²) in [6.45, 7) is 0.413. The van der Waals surface area contributed by atoms with E-state index in [9.17, 15) is 31.4 Å². The first-order valence-corrected chi connectivity index (χ1v) is 9.98. The predicted molar refractivity (Wildman–Crippen MR) is 109 cm³/mol. The first kappa shape index (κ1) is 22.9. The van der Waals surface area contributed by atoms with Crippen molar-refractivity contribution in [1.82, 2.24) is 10.3 Å². The van der Waals surface area contributed by atoms with E-state index in [-0.39, 0.29) is 37.6 Å². The number of rotatable bonds is 2. The molecule has 176 valence electrons. The van der Waals surface area contributed by atoms with Gasteiger partial charge in [0.25, 0.3) is 0 Å². The van der Waals surface area contributed by atoms with Gasteiger partial charge in [-0.2, -0.15) is 26.3 Å². The number of pyridine rings is 1. The Hall–Kier alpha value is -3.28. The van der Waals surface area contributed by atoms with Crippen molar-refractivity contribution in [2.24, 2.45) is 4.99 Å². The zero-order valence-corrected chi connectivity index (χ0v) is 17.0. The van der Waals surface area contributed by atoms with Crippen LogP contribution in [0.15, 0.2) is 58.9 Å². The van der Waals surface area contributed by atoms with Crippen molar-refractivity contribution in [2.45, 2.75) is 31.5 Å². The number of amidine groups is 1. The van der Waals surface area contributed by atoms with Gasteiger partial charge in [-0.15, -0.1) is 0 Å². The summed E-state index contributed by atoms with van der Waals surface area (Å²) in [5, 5.41) is 15.8. The van der Waals surface area contributed by atoms with Crippen LogP contribution in [0.4, 0.5) is 37.8 Å². The second-order valence-electron chi connectivity index (χ2n) is 7.51. The Morgan fingerprint density at radius 2 is 1.67 bits per heavy atom. The third-order valence-corrected chi connectivity index (χ3v) is 5.33. The highest BCUT2D eigenvalue weighted by Crippen LogP contribution is 2.36. The Balaban J connectivity index is 1.55. The number of halogens is 6. The standard InChI is InChI=1S/C21H19F6N5O/c22-20(23,24)12-3-5-13(6-4-12)29-17-14-7-10-32(11-8-16(14)30-19(33)31-17)18-15(21(25,26)27)2-1-9-28-18/h1-6,9,19,30,33H,7-8,10-11H2,(H,29,31). The fourth-order valence-corrected chi connectivity index (χ4v) is 3.79. The van der Waals surface area contributed by atoms with Crippen molar-refractivity contribution in [1.29, 1.82) is 0 Å². The number of nitrogens with one attached hydrogen (secondary N) is 2. The molecule has 2 aliphatic heterocycles. The maximum absolute atomic E-state index is 13.4. The summed E-state index contributed by atoms with van der Waals surface area (Å²) in [7, 11) is 0. The number of hydrogen-bond donors (Lipinski definition) is 3. The molecule has 2 aromatic rings. The lowest BCUT2D eigenvalue weighted by atomic mass is 10.1. The SMILES string of the molecule is OC1N=C(Nc2ccc(C(F)(F)F)cc2)C2=C(CCN(c3ncccc3C(F)(F)F)CC2)N1.